The SMILES string of the molecule is O=C(C1CCSC1)N1CC(N2CCNCC2)C1. The van der Waals surface area contributed by atoms with Crippen LogP contribution in [0.3, 0.4) is 0 Å². The fourth-order valence-electron chi connectivity index (χ4n) is 2.90. The topological polar surface area (TPSA) is 35.6 Å². The van der Waals surface area contributed by atoms with Crippen LogP contribution in [0.1, 0.15) is 6.42 Å². The third-order valence-corrected chi connectivity index (χ3v) is 5.28. The van der Waals surface area contributed by atoms with Gasteiger partial charge in [-0.2, -0.15) is 11.8 Å². The van der Waals surface area contributed by atoms with Gasteiger partial charge in [0, 0.05) is 57.0 Å². The molecule has 3 rings (SSSR count). The third-order valence-electron chi connectivity index (χ3n) is 4.12. The highest BCUT2D eigenvalue weighted by atomic mass is 32.2. The first-order valence-corrected chi connectivity index (χ1v) is 7.81. The van der Waals surface area contributed by atoms with Crippen molar-refractivity contribution in [1.82, 2.24) is 15.1 Å². The molecule has 0 aromatic rings. The summed E-state index contributed by atoms with van der Waals surface area (Å²) in [5, 5.41) is 3.37. The monoisotopic (exact) mass is 255 g/mol. The number of nitrogens with zero attached hydrogens (tertiary/aromatic N) is 2. The van der Waals surface area contributed by atoms with Gasteiger partial charge in [0.1, 0.15) is 0 Å². The molecule has 0 radical (unpaired) electrons. The molecule has 0 saturated carbocycles. The Labute approximate surface area is 107 Å². The van der Waals surface area contributed by atoms with E-state index in [9.17, 15) is 4.79 Å². The second kappa shape index (κ2) is 5.16. The van der Waals surface area contributed by atoms with Crippen molar-refractivity contribution >= 4 is 17.7 Å². The van der Waals surface area contributed by atoms with Crippen molar-refractivity contribution < 1.29 is 4.79 Å². The summed E-state index contributed by atoms with van der Waals surface area (Å²) in [6.45, 7) is 6.44. The largest absolute Gasteiger partial charge is 0.339 e. The van der Waals surface area contributed by atoms with E-state index < -0.39 is 0 Å². The van der Waals surface area contributed by atoms with Gasteiger partial charge in [-0.1, -0.05) is 0 Å². The molecule has 5 heteroatoms. The molecule has 4 nitrogen and oxygen atoms in total. The van der Waals surface area contributed by atoms with Gasteiger partial charge in [0.2, 0.25) is 5.91 Å². The van der Waals surface area contributed by atoms with Crippen molar-refractivity contribution in [2.75, 3.05) is 50.8 Å². The molecular formula is C12H21N3OS. The molecule has 0 bridgehead atoms. The summed E-state index contributed by atoms with van der Waals surface area (Å²) in [5.41, 5.74) is 0. The lowest BCUT2D eigenvalue weighted by Crippen LogP contribution is -2.64. The van der Waals surface area contributed by atoms with Crippen LogP contribution in [0.15, 0.2) is 0 Å². The number of amides is 1. The molecule has 1 amide bonds. The predicted octanol–water partition coefficient (Wildman–Crippen LogP) is -0.144. The summed E-state index contributed by atoms with van der Waals surface area (Å²) in [6.07, 6.45) is 1.10. The number of thioether (sulfide) groups is 1. The predicted molar refractivity (Wildman–Crippen MR) is 70.2 cm³/mol. The average molecular weight is 255 g/mol. The van der Waals surface area contributed by atoms with Crippen LogP contribution in [0.2, 0.25) is 0 Å². The van der Waals surface area contributed by atoms with E-state index in [4.69, 9.17) is 0 Å². The maximum Gasteiger partial charge on any atom is 0.226 e. The van der Waals surface area contributed by atoms with Crippen LogP contribution < -0.4 is 5.32 Å². The van der Waals surface area contributed by atoms with E-state index in [1.54, 1.807) is 0 Å². The Morgan fingerprint density at radius 3 is 2.65 bits per heavy atom. The minimum atomic E-state index is 0.323. The number of piperazine rings is 1. The van der Waals surface area contributed by atoms with Crippen LogP contribution in [-0.2, 0) is 4.79 Å². The lowest BCUT2D eigenvalue weighted by molar-refractivity contribution is -0.142. The van der Waals surface area contributed by atoms with Crippen LogP contribution in [-0.4, -0.2) is 72.5 Å². The molecule has 0 spiro atoms. The number of hydrogen-bond donors (Lipinski definition) is 1. The molecule has 3 fully saturated rings. The first kappa shape index (κ1) is 11.8. The lowest BCUT2D eigenvalue weighted by atomic mass is 10.0. The van der Waals surface area contributed by atoms with Crippen molar-refractivity contribution in [3.8, 4) is 0 Å². The van der Waals surface area contributed by atoms with E-state index in [0.717, 1.165) is 51.4 Å². The normalized spacial score (nSPS) is 31.5. The number of likely N-dealkylation sites (tertiary alicyclic amines) is 1. The first-order chi connectivity index (χ1) is 8.34. The van der Waals surface area contributed by atoms with Gasteiger partial charge in [0.25, 0.3) is 0 Å². The molecule has 0 aromatic heterocycles. The van der Waals surface area contributed by atoms with Crippen LogP contribution in [0.25, 0.3) is 0 Å². The molecule has 0 aromatic carbocycles. The molecule has 1 N–H and O–H groups in total. The van der Waals surface area contributed by atoms with Crippen molar-refractivity contribution in [3.05, 3.63) is 0 Å². The number of hydrogen-bond acceptors (Lipinski definition) is 4. The Hall–Kier alpha value is -0.260. The number of carbonyl (C=O) groups is 1. The van der Waals surface area contributed by atoms with E-state index in [-0.39, 0.29) is 0 Å². The van der Waals surface area contributed by atoms with Crippen molar-refractivity contribution in [2.45, 2.75) is 12.5 Å². The van der Waals surface area contributed by atoms with Crippen molar-refractivity contribution in [1.29, 1.82) is 0 Å². The Balaban J connectivity index is 1.45. The highest BCUT2D eigenvalue weighted by Crippen LogP contribution is 2.27. The lowest BCUT2D eigenvalue weighted by Gasteiger charge is -2.47. The van der Waals surface area contributed by atoms with Crippen LogP contribution in [0, 0.1) is 5.92 Å². The van der Waals surface area contributed by atoms with Gasteiger partial charge in [-0.25, -0.2) is 0 Å². The average Bonchev–Trinajstić information content (AvgIpc) is 2.81. The van der Waals surface area contributed by atoms with E-state index >= 15 is 0 Å². The van der Waals surface area contributed by atoms with E-state index in [1.165, 1.54) is 5.75 Å². The second-order valence-corrected chi connectivity index (χ2v) is 6.39. The van der Waals surface area contributed by atoms with Gasteiger partial charge in [-0.05, 0) is 12.2 Å². The fourth-order valence-corrected chi connectivity index (χ4v) is 4.11. The summed E-state index contributed by atoms with van der Waals surface area (Å²) >= 11 is 1.93. The third kappa shape index (κ3) is 2.46. The standard InChI is InChI=1S/C12H21N3OS/c16-12(10-1-6-17-9-10)15-7-11(8-15)14-4-2-13-3-5-14/h10-11,13H,1-9H2. The maximum atomic E-state index is 12.1. The van der Waals surface area contributed by atoms with Crippen LogP contribution in [0.4, 0.5) is 0 Å². The number of rotatable bonds is 2. The molecule has 0 aliphatic carbocycles. The fraction of sp³-hybridized carbons (Fsp3) is 0.917. The van der Waals surface area contributed by atoms with Gasteiger partial charge < -0.3 is 10.2 Å². The Morgan fingerprint density at radius 1 is 1.24 bits per heavy atom. The molecule has 1 unspecified atom stereocenters. The quantitative estimate of drug-likeness (QED) is 0.745. The first-order valence-electron chi connectivity index (χ1n) is 6.66. The van der Waals surface area contributed by atoms with Gasteiger partial charge in [-0.3, -0.25) is 9.69 Å². The molecule has 3 aliphatic rings. The van der Waals surface area contributed by atoms with Crippen molar-refractivity contribution in [2.24, 2.45) is 5.92 Å². The smallest absolute Gasteiger partial charge is 0.226 e. The molecule has 17 heavy (non-hydrogen) atoms. The molecule has 3 aliphatic heterocycles. The molecule has 96 valence electrons. The van der Waals surface area contributed by atoms with Crippen LogP contribution in [0.5, 0.6) is 0 Å². The van der Waals surface area contributed by atoms with E-state index in [2.05, 4.69) is 15.1 Å². The van der Waals surface area contributed by atoms with Crippen LogP contribution >= 0.6 is 11.8 Å². The van der Waals surface area contributed by atoms with Gasteiger partial charge >= 0.3 is 0 Å². The Kier molecular flexibility index (Phi) is 3.59. The summed E-state index contributed by atoms with van der Waals surface area (Å²) in [6, 6.07) is 0.634. The summed E-state index contributed by atoms with van der Waals surface area (Å²) in [5.74, 6) is 2.96. The minimum absolute atomic E-state index is 0.323. The van der Waals surface area contributed by atoms with E-state index in [0.29, 0.717) is 17.9 Å². The minimum Gasteiger partial charge on any atom is -0.339 e. The summed E-state index contributed by atoms with van der Waals surface area (Å²) in [7, 11) is 0. The number of carbonyl (C=O) groups excluding carboxylic acids is 1. The number of nitrogens with one attached hydrogen (secondary N) is 1. The maximum absolute atomic E-state index is 12.1. The van der Waals surface area contributed by atoms with Gasteiger partial charge in [-0.15, -0.1) is 0 Å². The van der Waals surface area contributed by atoms with E-state index in [1.807, 2.05) is 11.8 Å². The van der Waals surface area contributed by atoms with Gasteiger partial charge in [0.15, 0.2) is 0 Å². The summed E-state index contributed by atoms with van der Waals surface area (Å²) in [4.78, 5) is 16.7. The highest BCUT2D eigenvalue weighted by Gasteiger charge is 2.38. The Bertz CT molecular complexity index is 281. The molecule has 1 atom stereocenters. The van der Waals surface area contributed by atoms with Crippen molar-refractivity contribution in [3.63, 3.8) is 0 Å². The zero-order chi connectivity index (χ0) is 11.7. The summed E-state index contributed by atoms with van der Waals surface area (Å²) < 4.78 is 0. The second-order valence-electron chi connectivity index (χ2n) is 5.24. The molecule has 3 saturated heterocycles. The zero-order valence-electron chi connectivity index (χ0n) is 10.2. The van der Waals surface area contributed by atoms with Gasteiger partial charge in [0.05, 0.1) is 0 Å². The molecular weight excluding hydrogens is 234 g/mol. The highest BCUT2D eigenvalue weighted by molar-refractivity contribution is 7.99. The zero-order valence-corrected chi connectivity index (χ0v) is 11.0. The molecule has 3 heterocycles. The Morgan fingerprint density at radius 2 is 2.00 bits per heavy atom.